The van der Waals surface area contributed by atoms with Crippen LogP contribution in [0.1, 0.15) is 0 Å². The van der Waals surface area contributed by atoms with Crippen molar-refractivity contribution in [3.63, 3.8) is 0 Å². The predicted molar refractivity (Wildman–Crippen MR) is 20.4 cm³/mol. The van der Waals surface area contributed by atoms with E-state index in [0.717, 1.165) is 0 Å². The molecule has 0 atom stereocenters. The Morgan fingerprint density at radius 1 is 1.38 bits per heavy atom. The van der Waals surface area contributed by atoms with Gasteiger partial charge in [0.1, 0.15) is 0 Å². The molecule has 0 aromatic carbocycles. The third kappa shape index (κ3) is 10.0. The second-order valence-corrected chi connectivity index (χ2v) is 0.660. The molecule has 6 heteroatoms. The summed E-state index contributed by atoms with van der Waals surface area (Å²) in [5.41, 5.74) is 0. The predicted octanol–water partition coefficient (Wildman–Crippen LogP) is 0.0307. The van der Waals surface area contributed by atoms with Crippen LogP contribution in [0.25, 0.3) is 0 Å². The van der Waals surface area contributed by atoms with Gasteiger partial charge in [-0.05, 0) is 0 Å². The van der Waals surface area contributed by atoms with Crippen molar-refractivity contribution >= 4 is 57.9 Å². The molecule has 8 heavy (non-hydrogen) atoms. The molecule has 0 aliphatic carbocycles. The Balaban J connectivity index is 0. The Morgan fingerprint density at radius 2 is 1.75 bits per heavy atom. The summed E-state index contributed by atoms with van der Waals surface area (Å²) >= 11 is 0. The van der Waals surface area contributed by atoms with Crippen LogP contribution in [-0.2, 0) is 9.53 Å². The van der Waals surface area contributed by atoms with Crippen LogP contribution in [-0.4, -0.2) is 64.2 Å². The van der Waals surface area contributed by atoms with Gasteiger partial charge in [-0.2, -0.15) is 0 Å². The van der Waals surface area contributed by atoms with Gasteiger partial charge >= 0.3 is 57.7 Å². The van der Waals surface area contributed by atoms with Crippen LogP contribution >= 0.6 is 0 Å². The van der Waals surface area contributed by atoms with Gasteiger partial charge in [0, 0.05) is 0 Å². The maximum absolute atomic E-state index is 10.6. The zero-order valence-corrected chi connectivity index (χ0v) is 3.03. The second kappa shape index (κ2) is 4.75. The quantitative estimate of drug-likeness (QED) is 0.393. The van der Waals surface area contributed by atoms with E-state index in [0.29, 0.717) is 0 Å². The van der Waals surface area contributed by atoms with E-state index in [-0.39, 0.29) is 51.4 Å². The van der Waals surface area contributed by atoms with Crippen LogP contribution in [0, 0.1) is 0 Å². The molecule has 0 spiro atoms. The number of carbonyl (C=O) groups excluding carboxylic acids is 1. The van der Waals surface area contributed by atoms with Gasteiger partial charge in [-0.3, -0.25) is 4.79 Å². The van der Waals surface area contributed by atoms with Crippen molar-refractivity contribution in [3.05, 3.63) is 0 Å². The molecule has 0 rings (SSSR count). The van der Waals surface area contributed by atoms with E-state index in [9.17, 15) is 13.2 Å². The Morgan fingerprint density at radius 3 is 1.75 bits per heavy atom. The molecule has 0 aliphatic rings. The van der Waals surface area contributed by atoms with Crippen LogP contribution in [0.4, 0.5) is 13.2 Å². The zero-order chi connectivity index (χ0) is 5.91. The summed E-state index contributed by atoms with van der Waals surface area (Å²) < 4.78 is 34.4. The average molecular weight is 154 g/mol. The van der Waals surface area contributed by atoms with Gasteiger partial charge in [0.2, 0.25) is 0 Å². The first-order valence-corrected chi connectivity index (χ1v) is 1.24. The molecule has 0 heterocycles. The number of alkyl halides is 3. The normalized spacial score (nSPS) is 9.38. The van der Waals surface area contributed by atoms with Crippen molar-refractivity contribution in [2.24, 2.45) is 0 Å². The van der Waals surface area contributed by atoms with Gasteiger partial charge in [-0.15, -0.1) is 13.2 Å². The molecule has 0 aliphatic heterocycles. The molecule has 0 aromatic heterocycles. The van der Waals surface area contributed by atoms with Crippen molar-refractivity contribution in [3.8, 4) is 0 Å². The molecule has 0 radical (unpaired) electrons. The van der Waals surface area contributed by atoms with Crippen molar-refractivity contribution in [2.75, 3.05) is 0 Å². The molecular weight excluding hydrogens is 152 g/mol. The number of ether oxygens (including phenoxy) is 1. The zero-order valence-electron chi connectivity index (χ0n) is 3.03. The number of carbonyl (C=O) groups is 1. The monoisotopic (exact) mass is 154 g/mol. The summed E-state index contributed by atoms with van der Waals surface area (Å²) in [4.78, 5) is 8.88. The van der Waals surface area contributed by atoms with Crippen LogP contribution in [0.2, 0.25) is 0 Å². The number of hydrogen-bond acceptors (Lipinski definition) is 2. The number of rotatable bonds is 1. The molecule has 0 fully saturated rings. The van der Waals surface area contributed by atoms with E-state index in [2.05, 4.69) is 4.74 Å². The molecule has 0 unspecified atom stereocenters. The van der Waals surface area contributed by atoms with Crippen LogP contribution < -0.4 is 0 Å². The second-order valence-electron chi connectivity index (χ2n) is 0.660. The van der Waals surface area contributed by atoms with Crippen molar-refractivity contribution in [2.45, 2.75) is 6.36 Å². The van der Waals surface area contributed by atoms with E-state index in [1.54, 1.807) is 0 Å². The maximum atomic E-state index is 10.6. The minimum absolute atomic E-state index is 0. The molecule has 2 nitrogen and oxygen atoms in total. The van der Waals surface area contributed by atoms with Gasteiger partial charge in [0.25, 0.3) is 6.47 Å². The third-order valence-electron chi connectivity index (χ3n) is 0.182. The van der Waals surface area contributed by atoms with Crippen molar-refractivity contribution < 1.29 is 22.7 Å². The van der Waals surface area contributed by atoms with Gasteiger partial charge in [0.05, 0.1) is 0 Å². The first kappa shape index (κ1) is 11.7. The Hall–Kier alpha value is 0.896. The van der Waals surface area contributed by atoms with E-state index in [1.165, 1.54) is 0 Å². The fourth-order valence-electron chi connectivity index (χ4n) is 0.0546. The Bertz CT molecular complexity index is 70.2. The van der Waals surface area contributed by atoms with Crippen molar-refractivity contribution in [1.82, 2.24) is 0 Å². The van der Waals surface area contributed by atoms with Crippen LogP contribution in [0.3, 0.4) is 0 Å². The minimum atomic E-state index is -4.82. The summed E-state index contributed by atoms with van der Waals surface area (Å²) in [6.45, 7) is -0.667. The fourth-order valence-corrected chi connectivity index (χ4v) is 0.0546. The van der Waals surface area contributed by atoms with Crippen LogP contribution in [0.5, 0.6) is 0 Å². The van der Waals surface area contributed by atoms with Gasteiger partial charge < -0.3 is 4.74 Å². The molecule has 0 amide bonds. The van der Waals surface area contributed by atoms with Crippen molar-refractivity contribution in [1.29, 1.82) is 0 Å². The van der Waals surface area contributed by atoms with Gasteiger partial charge in [-0.1, -0.05) is 0 Å². The molecule has 0 saturated heterocycles. The molecular formula is C2H2F3KO2. The molecule has 44 valence electrons. The molecule has 0 bridgehead atoms. The Kier molecular flexibility index (Phi) is 6.92. The summed E-state index contributed by atoms with van der Waals surface area (Å²) in [7, 11) is 0. The topological polar surface area (TPSA) is 26.3 Å². The number of halogens is 3. The van der Waals surface area contributed by atoms with Crippen LogP contribution in [0.15, 0.2) is 0 Å². The van der Waals surface area contributed by atoms with E-state index >= 15 is 0 Å². The van der Waals surface area contributed by atoms with Gasteiger partial charge in [0.15, 0.2) is 0 Å². The molecule has 0 aromatic rings. The van der Waals surface area contributed by atoms with E-state index in [4.69, 9.17) is 4.79 Å². The molecule has 0 N–H and O–H groups in total. The summed E-state index contributed by atoms with van der Waals surface area (Å²) in [5.74, 6) is 0. The number of hydrogen-bond donors (Lipinski definition) is 0. The fraction of sp³-hybridized carbons (Fsp3) is 0.500. The standard InChI is InChI=1S/C2HF3O2.K.H/c3-2(4,5)7-1-6;;/h1H;;. The Labute approximate surface area is 85.8 Å². The first-order chi connectivity index (χ1) is 3.06. The first-order valence-electron chi connectivity index (χ1n) is 1.24. The molecule has 0 saturated carbocycles. The SMILES string of the molecule is O=COC(F)(F)F.[KH]. The summed E-state index contributed by atoms with van der Waals surface area (Å²) in [6.07, 6.45) is -4.82. The van der Waals surface area contributed by atoms with E-state index in [1.807, 2.05) is 0 Å². The summed E-state index contributed by atoms with van der Waals surface area (Å²) in [6, 6.07) is 0. The van der Waals surface area contributed by atoms with E-state index < -0.39 is 12.8 Å². The summed E-state index contributed by atoms with van der Waals surface area (Å²) in [5, 5.41) is 0. The average Bonchev–Trinajstić information content (AvgIpc) is 1.30. The van der Waals surface area contributed by atoms with Gasteiger partial charge in [-0.25, -0.2) is 0 Å². The third-order valence-corrected chi connectivity index (χ3v) is 0.182.